The fraction of sp³-hybridized carbons (Fsp3) is 0.214. The Morgan fingerprint density at radius 1 is 1.16 bits per heavy atom. The first kappa shape index (κ1) is 11.6. The summed E-state index contributed by atoms with van der Waals surface area (Å²) in [5.41, 5.74) is 7.04. The lowest BCUT2D eigenvalue weighted by Gasteiger charge is -2.00. The third-order valence-corrected chi connectivity index (χ3v) is 3.20. The monoisotopic (exact) mass is 255 g/mol. The zero-order chi connectivity index (χ0) is 13.4. The maximum atomic E-state index is 11.4. The first-order valence-corrected chi connectivity index (χ1v) is 6.15. The molecule has 1 saturated carbocycles. The number of primary amides is 1. The van der Waals surface area contributed by atoms with Crippen LogP contribution < -0.4 is 5.73 Å². The molecule has 0 radical (unpaired) electrons. The van der Waals surface area contributed by atoms with Crippen LogP contribution in [-0.4, -0.2) is 21.5 Å². The zero-order valence-corrected chi connectivity index (χ0v) is 10.2. The van der Waals surface area contributed by atoms with Crippen molar-refractivity contribution < 1.29 is 9.59 Å². The zero-order valence-electron chi connectivity index (χ0n) is 10.2. The van der Waals surface area contributed by atoms with Crippen molar-refractivity contribution in [3.8, 4) is 11.3 Å². The molecule has 1 fully saturated rings. The van der Waals surface area contributed by atoms with Gasteiger partial charge in [0.1, 0.15) is 0 Å². The fourth-order valence-corrected chi connectivity index (χ4v) is 1.97. The van der Waals surface area contributed by atoms with Crippen molar-refractivity contribution in [3.63, 3.8) is 0 Å². The Hall–Kier alpha value is -2.43. The van der Waals surface area contributed by atoms with Crippen molar-refractivity contribution in [1.29, 1.82) is 0 Å². The van der Waals surface area contributed by atoms with Crippen LogP contribution in [0.25, 0.3) is 11.3 Å². The number of benzene rings is 1. The van der Waals surface area contributed by atoms with Gasteiger partial charge < -0.3 is 5.73 Å². The number of amides is 1. The van der Waals surface area contributed by atoms with Crippen molar-refractivity contribution in [2.45, 2.75) is 18.9 Å². The van der Waals surface area contributed by atoms with Crippen LogP contribution in [0.3, 0.4) is 0 Å². The highest BCUT2D eigenvalue weighted by Gasteiger charge is 2.24. The van der Waals surface area contributed by atoms with E-state index in [2.05, 4.69) is 5.10 Å². The maximum Gasteiger partial charge on any atom is 0.289 e. The average molecular weight is 255 g/mol. The van der Waals surface area contributed by atoms with Crippen LogP contribution >= 0.6 is 0 Å². The van der Waals surface area contributed by atoms with Gasteiger partial charge in [-0.3, -0.25) is 14.3 Å². The summed E-state index contributed by atoms with van der Waals surface area (Å²) in [6.45, 7) is 0. The Balaban J connectivity index is 1.84. The molecule has 2 N–H and O–H groups in total. The fourth-order valence-electron chi connectivity index (χ4n) is 1.97. The van der Waals surface area contributed by atoms with Crippen LogP contribution in [0, 0.1) is 0 Å². The van der Waals surface area contributed by atoms with Gasteiger partial charge in [0.05, 0.1) is 11.7 Å². The van der Waals surface area contributed by atoms with Gasteiger partial charge >= 0.3 is 0 Å². The summed E-state index contributed by atoms with van der Waals surface area (Å²) in [5, 5.41) is 4.49. The van der Waals surface area contributed by atoms with E-state index in [1.165, 1.54) is 12.8 Å². The number of aromatic nitrogens is 2. The normalized spacial score (nSPS) is 14.3. The van der Waals surface area contributed by atoms with Gasteiger partial charge in [0.15, 0.2) is 0 Å². The van der Waals surface area contributed by atoms with Crippen LogP contribution in [0.4, 0.5) is 0 Å². The van der Waals surface area contributed by atoms with E-state index in [0.29, 0.717) is 11.6 Å². The van der Waals surface area contributed by atoms with Gasteiger partial charge in [0, 0.05) is 17.3 Å². The quantitative estimate of drug-likeness (QED) is 0.665. The molecule has 5 nitrogen and oxygen atoms in total. The molecule has 1 aliphatic rings. The van der Waals surface area contributed by atoms with Gasteiger partial charge in [-0.1, -0.05) is 24.3 Å². The molecule has 0 spiro atoms. The van der Waals surface area contributed by atoms with E-state index in [1.54, 1.807) is 24.3 Å². The van der Waals surface area contributed by atoms with Gasteiger partial charge in [-0.15, -0.1) is 0 Å². The summed E-state index contributed by atoms with van der Waals surface area (Å²) < 4.78 is 1.97. The summed E-state index contributed by atoms with van der Waals surface area (Å²) in [7, 11) is 0. The Morgan fingerprint density at radius 2 is 1.84 bits per heavy atom. The smallest absolute Gasteiger partial charge is 0.289 e. The van der Waals surface area contributed by atoms with E-state index in [4.69, 9.17) is 5.73 Å². The number of nitrogens with two attached hydrogens (primary N) is 1. The number of carbonyl (C=O) groups excluding carboxylic acids is 2. The Bertz CT molecular complexity index is 639. The Kier molecular flexibility index (Phi) is 2.67. The second-order valence-electron chi connectivity index (χ2n) is 4.68. The molecule has 1 heterocycles. The predicted molar refractivity (Wildman–Crippen MR) is 69.5 cm³/mol. The van der Waals surface area contributed by atoms with Crippen LogP contribution in [0.1, 0.15) is 29.2 Å². The second kappa shape index (κ2) is 4.35. The van der Waals surface area contributed by atoms with Gasteiger partial charge in [0.2, 0.25) is 5.78 Å². The lowest BCUT2D eigenvalue weighted by atomic mass is 10.1. The van der Waals surface area contributed by atoms with Crippen molar-refractivity contribution in [1.82, 2.24) is 9.78 Å². The van der Waals surface area contributed by atoms with Crippen molar-refractivity contribution in [2.75, 3.05) is 0 Å². The lowest BCUT2D eigenvalue weighted by Crippen LogP contribution is -2.22. The second-order valence-corrected chi connectivity index (χ2v) is 4.68. The first-order chi connectivity index (χ1) is 9.15. The van der Waals surface area contributed by atoms with Crippen LogP contribution in [0.2, 0.25) is 0 Å². The molecule has 5 heteroatoms. The van der Waals surface area contributed by atoms with Crippen LogP contribution in [0.5, 0.6) is 0 Å². The third kappa shape index (κ3) is 2.27. The predicted octanol–water partition coefficient (Wildman–Crippen LogP) is 1.55. The molecule has 19 heavy (non-hydrogen) atoms. The van der Waals surface area contributed by atoms with Gasteiger partial charge in [-0.25, -0.2) is 0 Å². The Morgan fingerprint density at radius 3 is 2.42 bits per heavy atom. The number of rotatable bonds is 4. The molecule has 0 unspecified atom stereocenters. The number of ketones is 1. The number of hydrogen-bond donors (Lipinski definition) is 1. The molecule has 3 rings (SSSR count). The molecule has 1 aromatic heterocycles. The topological polar surface area (TPSA) is 78.0 Å². The third-order valence-electron chi connectivity index (χ3n) is 3.20. The maximum absolute atomic E-state index is 11.4. The molecule has 0 saturated heterocycles. The van der Waals surface area contributed by atoms with E-state index in [0.717, 1.165) is 11.3 Å². The highest BCUT2D eigenvalue weighted by Crippen LogP contribution is 2.34. The minimum Gasteiger partial charge on any atom is -0.363 e. The van der Waals surface area contributed by atoms with E-state index >= 15 is 0 Å². The molecular weight excluding hydrogens is 242 g/mol. The van der Waals surface area contributed by atoms with E-state index in [9.17, 15) is 9.59 Å². The molecule has 0 bridgehead atoms. The largest absolute Gasteiger partial charge is 0.363 e. The van der Waals surface area contributed by atoms with Gasteiger partial charge in [-0.2, -0.15) is 5.10 Å². The SMILES string of the molecule is NC(=O)C(=O)c1ccc(-c2ccn(C3CC3)n2)cc1. The standard InChI is InChI=1S/C14H13N3O2/c15-14(19)13(18)10-3-1-9(2-4-10)12-7-8-17(16-12)11-5-6-11/h1-4,7-8,11H,5-6H2,(H2,15,19). The first-order valence-electron chi connectivity index (χ1n) is 6.15. The van der Waals surface area contributed by atoms with Crippen LogP contribution in [0.15, 0.2) is 36.5 Å². The summed E-state index contributed by atoms with van der Waals surface area (Å²) in [4.78, 5) is 22.2. The number of carbonyl (C=O) groups is 2. The molecule has 1 aliphatic carbocycles. The van der Waals surface area contributed by atoms with Gasteiger partial charge in [0.25, 0.3) is 5.91 Å². The van der Waals surface area contributed by atoms with E-state index in [-0.39, 0.29) is 0 Å². The van der Waals surface area contributed by atoms with E-state index < -0.39 is 11.7 Å². The van der Waals surface area contributed by atoms with Crippen molar-refractivity contribution in [2.24, 2.45) is 5.73 Å². The minimum absolute atomic E-state index is 0.304. The number of Topliss-reactive ketones (excluding diaryl/α,β-unsaturated/α-hetero) is 1. The highest BCUT2D eigenvalue weighted by atomic mass is 16.2. The highest BCUT2D eigenvalue weighted by molar-refractivity contribution is 6.42. The molecule has 0 atom stereocenters. The number of nitrogens with zero attached hydrogens (tertiary/aromatic N) is 2. The van der Waals surface area contributed by atoms with Crippen LogP contribution in [-0.2, 0) is 4.79 Å². The summed E-state index contributed by atoms with van der Waals surface area (Å²) in [5.74, 6) is -1.61. The molecular formula is C14H13N3O2. The summed E-state index contributed by atoms with van der Waals surface area (Å²) in [6, 6.07) is 9.23. The molecule has 2 aromatic rings. The summed E-state index contributed by atoms with van der Waals surface area (Å²) >= 11 is 0. The Labute approximate surface area is 110 Å². The molecule has 1 amide bonds. The van der Waals surface area contributed by atoms with Crippen molar-refractivity contribution in [3.05, 3.63) is 42.1 Å². The minimum atomic E-state index is -0.939. The van der Waals surface area contributed by atoms with Gasteiger partial charge in [-0.05, 0) is 18.9 Å². The molecule has 1 aromatic carbocycles. The summed E-state index contributed by atoms with van der Waals surface area (Å²) in [6.07, 6.45) is 4.34. The molecule has 96 valence electrons. The number of hydrogen-bond acceptors (Lipinski definition) is 3. The molecule has 0 aliphatic heterocycles. The van der Waals surface area contributed by atoms with Crippen molar-refractivity contribution >= 4 is 11.7 Å². The van der Waals surface area contributed by atoms with E-state index in [1.807, 2.05) is 16.9 Å². The average Bonchev–Trinajstić information content (AvgIpc) is 3.16. The lowest BCUT2D eigenvalue weighted by molar-refractivity contribution is -0.114.